The first-order valence-corrected chi connectivity index (χ1v) is 9.95. The quantitative estimate of drug-likeness (QED) is 0.781. The van der Waals surface area contributed by atoms with Crippen LogP contribution in [0.4, 0.5) is 5.69 Å². The van der Waals surface area contributed by atoms with E-state index in [2.05, 4.69) is 4.98 Å². The molecule has 6 nitrogen and oxygen atoms in total. The Labute approximate surface area is 170 Å². The zero-order valence-electron chi connectivity index (χ0n) is 16.6. The van der Waals surface area contributed by atoms with Gasteiger partial charge in [0.2, 0.25) is 0 Å². The first kappa shape index (κ1) is 19.2. The standard InChI is InChI=1S/C23H26N3O3/c1-28-21-9-8-19(15-22(21)29-20-6-2-3-7-20)26(13-10-18(24)11-14-26)23(27)17-5-4-12-25-16-17/h4-5,8-13,15-16,20H,2-3,6-7,14,24H2,1H3/q+1. The van der Waals surface area contributed by atoms with Crippen LogP contribution >= 0.6 is 0 Å². The fourth-order valence-electron chi connectivity index (χ4n) is 3.96. The number of nitrogens with zero attached hydrogens (tertiary/aromatic N) is 2. The normalized spacial score (nSPS) is 21.6. The molecule has 150 valence electrons. The van der Waals surface area contributed by atoms with Gasteiger partial charge in [0.05, 0.1) is 18.8 Å². The lowest BCUT2D eigenvalue weighted by Gasteiger charge is -2.33. The van der Waals surface area contributed by atoms with Crippen molar-refractivity contribution in [2.75, 3.05) is 13.7 Å². The number of carbonyl (C=O) groups excluding carboxylic acids is 1. The molecule has 1 atom stereocenters. The van der Waals surface area contributed by atoms with E-state index >= 15 is 0 Å². The minimum Gasteiger partial charge on any atom is -0.493 e. The van der Waals surface area contributed by atoms with Crippen LogP contribution in [0, 0.1) is 0 Å². The third-order valence-electron chi connectivity index (χ3n) is 5.61. The van der Waals surface area contributed by atoms with Crippen LogP contribution in [0.2, 0.25) is 0 Å². The number of pyridine rings is 1. The second-order valence-corrected chi connectivity index (χ2v) is 7.48. The summed E-state index contributed by atoms with van der Waals surface area (Å²) >= 11 is 0. The number of aromatic nitrogens is 1. The molecule has 2 N–H and O–H groups in total. The monoisotopic (exact) mass is 392 g/mol. The molecule has 6 heteroatoms. The number of amides is 1. The van der Waals surface area contributed by atoms with Crippen LogP contribution in [0.3, 0.4) is 0 Å². The van der Waals surface area contributed by atoms with Crippen LogP contribution in [0.5, 0.6) is 11.5 Å². The molecule has 1 aromatic carbocycles. The Kier molecular flexibility index (Phi) is 5.36. The third kappa shape index (κ3) is 3.76. The van der Waals surface area contributed by atoms with Crippen LogP contribution in [0.15, 0.2) is 66.8 Å². The smallest absolute Gasteiger partial charge is 0.357 e. The van der Waals surface area contributed by atoms with E-state index in [0.717, 1.165) is 18.5 Å². The fourth-order valence-corrected chi connectivity index (χ4v) is 3.96. The maximum Gasteiger partial charge on any atom is 0.357 e. The van der Waals surface area contributed by atoms with Gasteiger partial charge < -0.3 is 15.2 Å². The number of hydrogen-bond donors (Lipinski definition) is 1. The van der Waals surface area contributed by atoms with Gasteiger partial charge in [-0.3, -0.25) is 4.98 Å². The molecule has 1 fully saturated rings. The zero-order valence-corrected chi connectivity index (χ0v) is 16.6. The number of quaternary nitrogens is 1. The van der Waals surface area contributed by atoms with Gasteiger partial charge in [-0.05, 0) is 50.0 Å². The van der Waals surface area contributed by atoms with Crippen molar-refractivity contribution in [3.8, 4) is 11.5 Å². The molecule has 29 heavy (non-hydrogen) atoms. The molecule has 0 bridgehead atoms. The molecule has 2 aliphatic rings. The van der Waals surface area contributed by atoms with E-state index in [1.54, 1.807) is 37.7 Å². The molecule has 0 radical (unpaired) electrons. The Balaban J connectivity index is 1.77. The minimum absolute atomic E-state index is 0.0165. The largest absolute Gasteiger partial charge is 0.493 e. The lowest BCUT2D eigenvalue weighted by molar-refractivity contribution is 0.0836. The highest BCUT2D eigenvalue weighted by atomic mass is 16.5. The van der Waals surface area contributed by atoms with E-state index in [1.807, 2.05) is 30.5 Å². The number of rotatable bonds is 5. The molecule has 1 aromatic heterocycles. The van der Waals surface area contributed by atoms with Gasteiger partial charge in [-0.15, -0.1) is 0 Å². The summed E-state index contributed by atoms with van der Waals surface area (Å²) in [6.45, 7) is 0.422. The highest BCUT2D eigenvalue weighted by molar-refractivity contribution is 6.03. The Morgan fingerprint density at radius 2 is 2.03 bits per heavy atom. The molecule has 2 heterocycles. The number of ether oxygens (including phenoxy) is 2. The van der Waals surface area contributed by atoms with Crippen molar-refractivity contribution in [2.45, 2.75) is 31.8 Å². The van der Waals surface area contributed by atoms with Gasteiger partial charge in [0, 0.05) is 36.3 Å². The predicted octanol–water partition coefficient (Wildman–Crippen LogP) is 3.93. The van der Waals surface area contributed by atoms with Gasteiger partial charge in [0.15, 0.2) is 11.5 Å². The number of allylic oxidation sites excluding steroid dienone is 1. The first-order chi connectivity index (χ1) is 14.1. The molecule has 0 spiro atoms. The van der Waals surface area contributed by atoms with Gasteiger partial charge in [-0.1, -0.05) is 0 Å². The van der Waals surface area contributed by atoms with E-state index in [1.165, 1.54) is 12.8 Å². The van der Waals surface area contributed by atoms with Crippen LogP contribution in [-0.2, 0) is 0 Å². The van der Waals surface area contributed by atoms with Crippen LogP contribution in [0.25, 0.3) is 0 Å². The summed E-state index contributed by atoms with van der Waals surface area (Å²) in [6.07, 6.45) is 13.4. The average molecular weight is 392 g/mol. The molecule has 4 rings (SSSR count). The highest BCUT2D eigenvalue weighted by Crippen LogP contribution is 2.39. The Bertz CT molecular complexity index is 949. The van der Waals surface area contributed by atoms with Gasteiger partial charge in [0.25, 0.3) is 0 Å². The van der Waals surface area contributed by atoms with Gasteiger partial charge in [0.1, 0.15) is 18.4 Å². The first-order valence-electron chi connectivity index (χ1n) is 9.95. The van der Waals surface area contributed by atoms with Gasteiger partial charge in [-0.2, -0.15) is 4.48 Å². The van der Waals surface area contributed by atoms with Crippen molar-refractivity contribution in [1.82, 2.24) is 9.47 Å². The van der Waals surface area contributed by atoms with Crippen molar-refractivity contribution in [1.29, 1.82) is 0 Å². The average Bonchev–Trinajstić information content (AvgIpc) is 3.28. The Morgan fingerprint density at radius 1 is 1.21 bits per heavy atom. The lowest BCUT2D eigenvalue weighted by atomic mass is 10.1. The fraction of sp³-hybridized carbons (Fsp3) is 0.304. The molecule has 2 aromatic rings. The zero-order chi connectivity index (χ0) is 20.3. The summed E-state index contributed by atoms with van der Waals surface area (Å²) in [7, 11) is 1.63. The van der Waals surface area contributed by atoms with Crippen molar-refractivity contribution in [3.63, 3.8) is 0 Å². The summed E-state index contributed by atoms with van der Waals surface area (Å²) in [5.41, 5.74) is 7.94. The van der Waals surface area contributed by atoms with Crippen molar-refractivity contribution >= 4 is 11.6 Å². The summed E-state index contributed by atoms with van der Waals surface area (Å²) in [6, 6.07) is 9.25. The van der Waals surface area contributed by atoms with E-state index in [-0.39, 0.29) is 16.5 Å². The second kappa shape index (κ2) is 8.09. The van der Waals surface area contributed by atoms with Crippen molar-refractivity contribution < 1.29 is 14.3 Å². The van der Waals surface area contributed by atoms with Crippen molar-refractivity contribution in [3.05, 3.63) is 72.3 Å². The maximum atomic E-state index is 13.6. The molecule has 1 unspecified atom stereocenters. The molecular formula is C23H26N3O3+. The number of methoxy groups -OCH3 is 1. The van der Waals surface area contributed by atoms with Crippen molar-refractivity contribution in [2.24, 2.45) is 5.73 Å². The van der Waals surface area contributed by atoms with Crippen LogP contribution < -0.4 is 19.7 Å². The van der Waals surface area contributed by atoms with E-state index in [4.69, 9.17) is 15.2 Å². The Morgan fingerprint density at radius 3 is 2.69 bits per heavy atom. The topological polar surface area (TPSA) is 74.4 Å². The van der Waals surface area contributed by atoms with E-state index < -0.39 is 0 Å². The molecule has 1 saturated carbocycles. The second-order valence-electron chi connectivity index (χ2n) is 7.48. The SMILES string of the molecule is COc1ccc([N+]2(C(=O)c3cccnc3)C=CC(N)=CC2)cc1OC1CCCC1. The van der Waals surface area contributed by atoms with Gasteiger partial charge in [-0.25, -0.2) is 4.79 Å². The summed E-state index contributed by atoms with van der Waals surface area (Å²) < 4.78 is 11.8. The molecule has 1 aliphatic heterocycles. The summed E-state index contributed by atoms with van der Waals surface area (Å²) in [5.74, 6) is 1.27. The number of hydrogen-bond acceptors (Lipinski definition) is 5. The van der Waals surface area contributed by atoms with E-state index in [0.29, 0.717) is 29.3 Å². The summed E-state index contributed by atoms with van der Waals surface area (Å²) in [4.78, 5) is 17.7. The van der Waals surface area contributed by atoms with Crippen LogP contribution in [0.1, 0.15) is 36.0 Å². The molecule has 1 amide bonds. The highest BCUT2D eigenvalue weighted by Gasteiger charge is 2.40. The van der Waals surface area contributed by atoms with Gasteiger partial charge >= 0.3 is 5.91 Å². The molecular weight excluding hydrogens is 366 g/mol. The van der Waals surface area contributed by atoms with E-state index in [9.17, 15) is 4.79 Å². The molecule has 0 saturated heterocycles. The minimum atomic E-state index is -0.0740. The number of carbonyl (C=O) groups is 1. The maximum absolute atomic E-state index is 13.6. The lowest BCUT2D eigenvalue weighted by Crippen LogP contribution is -2.51. The Hall–Kier alpha value is -3.12. The number of nitrogens with two attached hydrogens (primary N) is 1. The van der Waals surface area contributed by atoms with Crippen LogP contribution in [-0.4, -0.2) is 30.6 Å². The summed E-state index contributed by atoms with van der Waals surface area (Å²) in [5, 5.41) is 0. The number of benzene rings is 1. The predicted molar refractivity (Wildman–Crippen MR) is 113 cm³/mol. The molecule has 1 aliphatic carbocycles. The third-order valence-corrected chi connectivity index (χ3v) is 5.61.